The molecule has 0 aliphatic rings. The number of benzene rings is 1. The number of alkyl halides is 2. The number of nitrogens with two attached hydrogens (primary N) is 1. The molecule has 7 heteroatoms. The Morgan fingerprint density at radius 3 is 2.67 bits per heavy atom. The summed E-state index contributed by atoms with van der Waals surface area (Å²) in [6, 6.07) is 4.23. The minimum atomic E-state index is -3.07. The normalized spacial score (nSPS) is 10.2. The molecular formula is C11H10F2N2O3. The van der Waals surface area contributed by atoms with Crippen LogP contribution in [0.2, 0.25) is 0 Å². The first-order valence-corrected chi connectivity index (χ1v) is 4.90. The van der Waals surface area contributed by atoms with Gasteiger partial charge in [0.2, 0.25) is 0 Å². The van der Waals surface area contributed by atoms with E-state index in [1.807, 2.05) is 0 Å². The Hall–Kier alpha value is -2.20. The molecule has 5 nitrogen and oxygen atoms in total. The molecule has 0 spiro atoms. The van der Waals surface area contributed by atoms with Crippen molar-refractivity contribution in [3.05, 3.63) is 28.8 Å². The summed E-state index contributed by atoms with van der Waals surface area (Å²) in [5, 5.41) is 17.5. The lowest BCUT2D eigenvalue weighted by Crippen LogP contribution is -2.10. The lowest BCUT2D eigenvalue weighted by Gasteiger charge is -2.12. The fourth-order valence-electron chi connectivity index (χ4n) is 1.49. The standard InChI is InChI=1S/C11H10F2N2O3/c12-11(13)18-9-2-6(3-10(16)17)1-7(4-14)8(9)5-15/h1-2,11H,3,5,15H2,(H,16,17). The molecular weight excluding hydrogens is 246 g/mol. The molecule has 0 radical (unpaired) electrons. The average molecular weight is 256 g/mol. The minimum absolute atomic E-state index is 0.0342. The molecule has 0 aromatic heterocycles. The van der Waals surface area contributed by atoms with Crippen molar-refractivity contribution >= 4 is 5.97 Å². The highest BCUT2D eigenvalue weighted by Gasteiger charge is 2.15. The highest BCUT2D eigenvalue weighted by atomic mass is 19.3. The van der Waals surface area contributed by atoms with E-state index in [1.165, 1.54) is 6.07 Å². The third-order valence-electron chi connectivity index (χ3n) is 2.16. The van der Waals surface area contributed by atoms with Gasteiger partial charge in [0.15, 0.2) is 0 Å². The summed E-state index contributed by atoms with van der Waals surface area (Å²) in [5.41, 5.74) is 5.73. The molecule has 1 aromatic carbocycles. The second kappa shape index (κ2) is 5.93. The van der Waals surface area contributed by atoms with E-state index < -0.39 is 12.6 Å². The first kappa shape index (κ1) is 13.9. The fraction of sp³-hybridized carbons (Fsp3) is 0.273. The van der Waals surface area contributed by atoms with E-state index in [4.69, 9.17) is 16.1 Å². The van der Waals surface area contributed by atoms with Crippen molar-refractivity contribution in [1.29, 1.82) is 5.26 Å². The van der Waals surface area contributed by atoms with Crippen LogP contribution in [0.5, 0.6) is 5.75 Å². The van der Waals surface area contributed by atoms with Crippen LogP contribution in [0.4, 0.5) is 8.78 Å². The largest absolute Gasteiger partial charge is 0.481 e. The maximum absolute atomic E-state index is 12.2. The molecule has 18 heavy (non-hydrogen) atoms. The summed E-state index contributed by atoms with van der Waals surface area (Å²) >= 11 is 0. The summed E-state index contributed by atoms with van der Waals surface area (Å²) in [7, 11) is 0. The summed E-state index contributed by atoms with van der Waals surface area (Å²) in [6.07, 6.45) is -0.390. The molecule has 0 aliphatic heterocycles. The van der Waals surface area contributed by atoms with E-state index in [0.29, 0.717) is 0 Å². The molecule has 0 saturated carbocycles. The van der Waals surface area contributed by atoms with Crippen LogP contribution in [0.3, 0.4) is 0 Å². The number of carbonyl (C=O) groups is 1. The van der Waals surface area contributed by atoms with Crippen molar-refractivity contribution in [3.63, 3.8) is 0 Å². The highest BCUT2D eigenvalue weighted by molar-refractivity contribution is 5.71. The molecule has 96 valence electrons. The zero-order chi connectivity index (χ0) is 13.7. The van der Waals surface area contributed by atoms with Crippen LogP contribution < -0.4 is 10.5 Å². The van der Waals surface area contributed by atoms with Crippen LogP contribution in [-0.4, -0.2) is 17.7 Å². The smallest absolute Gasteiger partial charge is 0.387 e. The number of halogens is 2. The van der Waals surface area contributed by atoms with Gasteiger partial charge < -0.3 is 15.6 Å². The van der Waals surface area contributed by atoms with Gasteiger partial charge in [-0.3, -0.25) is 4.79 Å². The van der Waals surface area contributed by atoms with Gasteiger partial charge in [-0.15, -0.1) is 0 Å². The van der Waals surface area contributed by atoms with Crippen molar-refractivity contribution in [3.8, 4) is 11.8 Å². The maximum Gasteiger partial charge on any atom is 0.387 e. The SMILES string of the molecule is N#Cc1cc(CC(=O)O)cc(OC(F)F)c1CN. The van der Waals surface area contributed by atoms with E-state index in [-0.39, 0.29) is 35.4 Å². The number of rotatable bonds is 5. The molecule has 0 atom stereocenters. The molecule has 0 saturated heterocycles. The number of carboxylic acid groups (broad SMARTS) is 1. The number of carboxylic acids is 1. The second-order valence-corrected chi connectivity index (χ2v) is 3.39. The Balaban J connectivity index is 3.27. The summed E-state index contributed by atoms with van der Waals surface area (Å²) in [5.74, 6) is -1.40. The number of nitrogens with zero attached hydrogens (tertiary/aromatic N) is 1. The quantitative estimate of drug-likeness (QED) is 0.826. The lowest BCUT2D eigenvalue weighted by molar-refractivity contribution is -0.136. The Labute approximate surface area is 101 Å². The fourth-order valence-corrected chi connectivity index (χ4v) is 1.49. The van der Waals surface area contributed by atoms with Crippen molar-refractivity contribution in [2.75, 3.05) is 0 Å². The van der Waals surface area contributed by atoms with Crippen molar-refractivity contribution in [2.45, 2.75) is 19.6 Å². The predicted molar refractivity (Wildman–Crippen MR) is 57.0 cm³/mol. The van der Waals surface area contributed by atoms with Crippen LogP contribution in [0.25, 0.3) is 0 Å². The Morgan fingerprint density at radius 2 is 2.22 bits per heavy atom. The first-order chi connectivity index (χ1) is 8.47. The number of hydrogen-bond acceptors (Lipinski definition) is 4. The first-order valence-electron chi connectivity index (χ1n) is 4.90. The number of ether oxygens (including phenoxy) is 1. The van der Waals surface area contributed by atoms with E-state index in [2.05, 4.69) is 4.74 Å². The number of nitriles is 1. The Morgan fingerprint density at radius 1 is 1.56 bits per heavy atom. The molecule has 0 bridgehead atoms. The third kappa shape index (κ3) is 3.40. The predicted octanol–water partition coefficient (Wildman–Crippen LogP) is 1.25. The lowest BCUT2D eigenvalue weighted by atomic mass is 10.0. The van der Waals surface area contributed by atoms with Gasteiger partial charge in [0.25, 0.3) is 0 Å². The van der Waals surface area contributed by atoms with Gasteiger partial charge in [-0.05, 0) is 17.7 Å². The van der Waals surface area contributed by atoms with E-state index in [1.54, 1.807) is 6.07 Å². The molecule has 1 aromatic rings. The van der Waals surface area contributed by atoms with Crippen LogP contribution in [0, 0.1) is 11.3 Å². The Bertz CT molecular complexity index is 498. The third-order valence-corrected chi connectivity index (χ3v) is 2.16. The maximum atomic E-state index is 12.2. The van der Waals surface area contributed by atoms with Crippen LogP contribution in [0.15, 0.2) is 12.1 Å². The van der Waals surface area contributed by atoms with Gasteiger partial charge in [-0.25, -0.2) is 0 Å². The van der Waals surface area contributed by atoms with E-state index >= 15 is 0 Å². The van der Waals surface area contributed by atoms with E-state index in [0.717, 1.165) is 6.07 Å². The number of hydrogen-bond donors (Lipinski definition) is 2. The minimum Gasteiger partial charge on any atom is -0.481 e. The molecule has 1 rings (SSSR count). The number of aliphatic carboxylic acids is 1. The van der Waals surface area contributed by atoms with Gasteiger partial charge in [0.1, 0.15) is 5.75 Å². The zero-order valence-electron chi connectivity index (χ0n) is 9.19. The Kier molecular flexibility index (Phi) is 4.57. The average Bonchev–Trinajstić information content (AvgIpc) is 2.26. The molecule has 0 unspecified atom stereocenters. The molecule has 0 heterocycles. The summed E-state index contributed by atoms with van der Waals surface area (Å²) in [4.78, 5) is 10.6. The van der Waals surface area contributed by atoms with Gasteiger partial charge in [-0.2, -0.15) is 14.0 Å². The molecule has 0 aliphatic carbocycles. The van der Waals surface area contributed by atoms with Gasteiger partial charge in [0.05, 0.1) is 18.1 Å². The van der Waals surface area contributed by atoms with Crippen molar-refractivity contribution in [1.82, 2.24) is 0 Å². The molecule has 0 fully saturated rings. The van der Waals surface area contributed by atoms with Gasteiger partial charge in [0, 0.05) is 12.1 Å². The van der Waals surface area contributed by atoms with Crippen LogP contribution >= 0.6 is 0 Å². The topological polar surface area (TPSA) is 96.3 Å². The van der Waals surface area contributed by atoms with Crippen LogP contribution in [-0.2, 0) is 17.8 Å². The zero-order valence-corrected chi connectivity index (χ0v) is 9.19. The van der Waals surface area contributed by atoms with E-state index in [9.17, 15) is 13.6 Å². The second-order valence-electron chi connectivity index (χ2n) is 3.39. The van der Waals surface area contributed by atoms with Crippen molar-refractivity contribution in [2.24, 2.45) is 5.73 Å². The van der Waals surface area contributed by atoms with Crippen LogP contribution in [0.1, 0.15) is 16.7 Å². The monoisotopic (exact) mass is 256 g/mol. The summed E-state index contributed by atoms with van der Waals surface area (Å²) < 4.78 is 28.7. The molecule has 0 amide bonds. The summed E-state index contributed by atoms with van der Waals surface area (Å²) in [6.45, 7) is -3.22. The molecule has 3 N–H and O–H groups in total. The highest BCUT2D eigenvalue weighted by Crippen LogP contribution is 2.26. The van der Waals surface area contributed by atoms with Crippen molar-refractivity contribution < 1.29 is 23.4 Å². The van der Waals surface area contributed by atoms with Gasteiger partial charge >= 0.3 is 12.6 Å². The van der Waals surface area contributed by atoms with Gasteiger partial charge in [-0.1, -0.05) is 0 Å².